The minimum absolute atomic E-state index is 0.0192. The topological polar surface area (TPSA) is 175 Å². The summed E-state index contributed by atoms with van der Waals surface area (Å²) < 4.78 is 15.3. The minimum atomic E-state index is -4.69. The summed E-state index contributed by atoms with van der Waals surface area (Å²) in [5.41, 5.74) is 6.24. The summed E-state index contributed by atoms with van der Waals surface area (Å²) in [5.74, 6) is -1.21. The second-order valence-corrected chi connectivity index (χ2v) is 6.76. The molecule has 25 heavy (non-hydrogen) atoms. The summed E-state index contributed by atoms with van der Waals surface area (Å²) in [6.07, 6.45) is 3.03. The molecule has 1 atom stereocenters. The molecule has 0 fully saturated rings. The number of hydrogen-bond donors (Lipinski definition) is 6. The maximum absolute atomic E-state index is 11.3. The average molecular weight is 377 g/mol. The number of nitrogens with zero attached hydrogens (tertiary/aromatic N) is 1. The lowest BCUT2D eigenvalue weighted by Gasteiger charge is -2.18. The Hall–Kier alpha value is -1.55. The standard InChI is InChI=1S/C14H24N3O7P/c1-9-13(18)11(10(6-16-9)8-24-25(21,22)23)7-17-12(14(19)20)4-2-3-5-15/h6,12,17-18H,2-5,7-8,15H2,1H3,(H,19,20)(H2,21,22,23)/t12-/m1/s1. The van der Waals surface area contributed by atoms with Crippen LogP contribution >= 0.6 is 7.82 Å². The Morgan fingerprint density at radius 3 is 2.68 bits per heavy atom. The molecule has 1 aromatic heterocycles. The van der Waals surface area contributed by atoms with Crippen molar-refractivity contribution in [1.29, 1.82) is 0 Å². The first kappa shape index (κ1) is 21.5. The van der Waals surface area contributed by atoms with E-state index in [1.165, 1.54) is 6.20 Å². The molecule has 0 spiro atoms. The van der Waals surface area contributed by atoms with Crippen LogP contribution < -0.4 is 11.1 Å². The van der Waals surface area contributed by atoms with E-state index in [9.17, 15) is 19.6 Å². The summed E-state index contributed by atoms with van der Waals surface area (Å²) in [6.45, 7) is 1.55. The number of unbranched alkanes of at least 4 members (excludes halogenated alkanes) is 1. The number of aliphatic carboxylic acids is 1. The van der Waals surface area contributed by atoms with Crippen LogP contribution in [0.4, 0.5) is 0 Å². The molecular formula is C14H24N3O7P. The fourth-order valence-corrected chi connectivity index (χ4v) is 2.50. The second-order valence-electron chi connectivity index (χ2n) is 5.52. The van der Waals surface area contributed by atoms with Crippen LogP contribution in [-0.2, 0) is 27.0 Å². The average Bonchev–Trinajstić information content (AvgIpc) is 2.52. The zero-order chi connectivity index (χ0) is 19.0. The highest BCUT2D eigenvalue weighted by molar-refractivity contribution is 7.46. The molecule has 0 saturated carbocycles. The number of hydrogen-bond acceptors (Lipinski definition) is 7. The molecule has 0 aromatic carbocycles. The number of pyridine rings is 1. The van der Waals surface area contributed by atoms with E-state index in [-0.39, 0.29) is 23.4 Å². The minimum Gasteiger partial charge on any atom is -0.506 e. The number of nitrogens with one attached hydrogen (secondary N) is 1. The third-order valence-corrected chi connectivity index (χ3v) is 4.05. The molecule has 1 heterocycles. The van der Waals surface area contributed by atoms with E-state index in [0.717, 1.165) is 0 Å². The Morgan fingerprint density at radius 2 is 2.12 bits per heavy atom. The third kappa shape index (κ3) is 7.47. The van der Waals surface area contributed by atoms with Gasteiger partial charge in [-0.3, -0.25) is 14.3 Å². The zero-order valence-corrected chi connectivity index (χ0v) is 14.8. The van der Waals surface area contributed by atoms with Crippen LogP contribution in [-0.4, -0.2) is 43.5 Å². The van der Waals surface area contributed by atoms with Crippen molar-refractivity contribution in [1.82, 2.24) is 10.3 Å². The molecule has 0 aliphatic heterocycles. The summed E-state index contributed by atoms with van der Waals surface area (Å²) >= 11 is 0. The number of aryl methyl sites for hydroxylation is 1. The second kappa shape index (κ2) is 9.81. The van der Waals surface area contributed by atoms with Crippen molar-refractivity contribution in [3.8, 4) is 5.75 Å². The lowest BCUT2D eigenvalue weighted by molar-refractivity contribution is -0.139. The van der Waals surface area contributed by atoms with Gasteiger partial charge in [0.1, 0.15) is 11.8 Å². The van der Waals surface area contributed by atoms with Crippen LogP contribution in [0.3, 0.4) is 0 Å². The van der Waals surface area contributed by atoms with Gasteiger partial charge in [0.05, 0.1) is 12.3 Å². The van der Waals surface area contributed by atoms with Crippen molar-refractivity contribution in [3.05, 3.63) is 23.0 Å². The Kier molecular flexibility index (Phi) is 8.43. The van der Waals surface area contributed by atoms with E-state index in [0.29, 0.717) is 31.5 Å². The number of phosphoric ester groups is 1. The van der Waals surface area contributed by atoms with Crippen LogP contribution in [0.1, 0.15) is 36.1 Å². The van der Waals surface area contributed by atoms with Crippen molar-refractivity contribution in [2.45, 2.75) is 45.4 Å². The van der Waals surface area contributed by atoms with Gasteiger partial charge in [-0.15, -0.1) is 0 Å². The predicted octanol–water partition coefficient (Wildman–Crippen LogP) is 0.377. The largest absolute Gasteiger partial charge is 0.506 e. The van der Waals surface area contributed by atoms with Crippen LogP contribution in [0, 0.1) is 6.92 Å². The Balaban J connectivity index is 2.88. The van der Waals surface area contributed by atoms with Gasteiger partial charge in [-0.1, -0.05) is 6.42 Å². The number of phosphoric acid groups is 1. The highest BCUT2D eigenvalue weighted by atomic mass is 31.2. The molecule has 0 saturated heterocycles. The number of rotatable bonds is 11. The first-order valence-electron chi connectivity index (χ1n) is 7.68. The fraction of sp³-hybridized carbons (Fsp3) is 0.571. The molecular weight excluding hydrogens is 353 g/mol. The first-order valence-corrected chi connectivity index (χ1v) is 9.21. The molecule has 11 heteroatoms. The molecule has 0 bridgehead atoms. The van der Waals surface area contributed by atoms with Gasteiger partial charge in [-0.05, 0) is 26.3 Å². The SMILES string of the molecule is Cc1ncc(COP(=O)(O)O)c(CN[C@H](CCCCN)C(=O)O)c1O. The molecule has 7 N–H and O–H groups in total. The van der Waals surface area contributed by atoms with E-state index < -0.39 is 26.4 Å². The van der Waals surface area contributed by atoms with E-state index in [2.05, 4.69) is 14.8 Å². The van der Waals surface area contributed by atoms with Crippen molar-refractivity contribution in [3.63, 3.8) is 0 Å². The number of carboxylic acid groups (broad SMARTS) is 1. The number of nitrogens with two attached hydrogens (primary N) is 1. The number of carboxylic acids is 1. The molecule has 0 aliphatic rings. The number of aromatic nitrogens is 1. The maximum Gasteiger partial charge on any atom is 0.469 e. The highest BCUT2D eigenvalue weighted by Crippen LogP contribution is 2.38. The van der Waals surface area contributed by atoms with Crippen molar-refractivity contribution < 1.29 is 33.9 Å². The van der Waals surface area contributed by atoms with Crippen LogP contribution in [0.15, 0.2) is 6.20 Å². The van der Waals surface area contributed by atoms with Gasteiger partial charge in [-0.25, -0.2) is 4.57 Å². The number of carbonyl (C=O) groups is 1. The van der Waals surface area contributed by atoms with E-state index >= 15 is 0 Å². The van der Waals surface area contributed by atoms with Crippen molar-refractivity contribution in [2.75, 3.05) is 6.54 Å². The maximum atomic E-state index is 11.3. The molecule has 10 nitrogen and oxygen atoms in total. The highest BCUT2D eigenvalue weighted by Gasteiger charge is 2.21. The Morgan fingerprint density at radius 1 is 1.44 bits per heavy atom. The molecule has 142 valence electrons. The summed E-state index contributed by atoms with van der Waals surface area (Å²) in [7, 11) is -4.69. The van der Waals surface area contributed by atoms with Crippen molar-refractivity contribution in [2.24, 2.45) is 5.73 Å². The normalized spacial score (nSPS) is 13.0. The predicted molar refractivity (Wildman–Crippen MR) is 88.6 cm³/mol. The number of aromatic hydroxyl groups is 1. The summed E-state index contributed by atoms with van der Waals surface area (Å²) in [6, 6.07) is -0.838. The zero-order valence-electron chi connectivity index (χ0n) is 13.9. The van der Waals surface area contributed by atoms with Crippen molar-refractivity contribution >= 4 is 13.8 Å². The van der Waals surface area contributed by atoms with Gasteiger partial charge in [0.25, 0.3) is 0 Å². The lowest BCUT2D eigenvalue weighted by Crippen LogP contribution is -2.36. The van der Waals surface area contributed by atoms with E-state index in [1.807, 2.05) is 0 Å². The van der Waals surface area contributed by atoms with Gasteiger partial charge in [-0.2, -0.15) is 0 Å². The van der Waals surface area contributed by atoms with Crippen LogP contribution in [0.25, 0.3) is 0 Å². The van der Waals surface area contributed by atoms with Gasteiger partial charge in [0.15, 0.2) is 0 Å². The molecule has 0 radical (unpaired) electrons. The Bertz CT molecular complexity index is 635. The monoisotopic (exact) mass is 377 g/mol. The van der Waals surface area contributed by atoms with Crippen LogP contribution in [0.2, 0.25) is 0 Å². The quantitative estimate of drug-likeness (QED) is 0.233. The van der Waals surface area contributed by atoms with Gasteiger partial charge < -0.3 is 31.1 Å². The lowest BCUT2D eigenvalue weighted by atomic mass is 10.1. The van der Waals surface area contributed by atoms with E-state index in [1.54, 1.807) is 6.92 Å². The molecule has 0 aliphatic carbocycles. The third-order valence-electron chi connectivity index (χ3n) is 3.59. The summed E-state index contributed by atoms with van der Waals surface area (Å²) in [4.78, 5) is 32.8. The van der Waals surface area contributed by atoms with Gasteiger partial charge in [0, 0.05) is 23.9 Å². The Labute approximate surface area is 145 Å². The van der Waals surface area contributed by atoms with Crippen LogP contribution in [0.5, 0.6) is 5.75 Å². The first-order chi connectivity index (χ1) is 11.7. The molecule has 1 rings (SSSR count). The van der Waals surface area contributed by atoms with Gasteiger partial charge >= 0.3 is 13.8 Å². The van der Waals surface area contributed by atoms with E-state index in [4.69, 9.17) is 15.5 Å². The molecule has 1 aromatic rings. The molecule has 0 amide bonds. The molecule has 0 unspecified atom stereocenters. The van der Waals surface area contributed by atoms with Gasteiger partial charge in [0.2, 0.25) is 0 Å². The summed E-state index contributed by atoms with van der Waals surface area (Å²) in [5, 5.41) is 22.2. The smallest absolute Gasteiger partial charge is 0.469 e. The fourth-order valence-electron chi connectivity index (χ4n) is 2.19.